The number of piperazine rings is 1. The van der Waals surface area contributed by atoms with Crippen LogP contribution in [0.1, 0.15) is 11.4 Å². The third-order valence-corrected chi connectivity index (χ3v) is 5.17. The number of rotatable bonds is 3. The normalized spacial score (nSPS) is 15.5. The van der Waals surface area contributed by atoms with Gasteiger partial charge in [0.15, 0.2) is 0 Å². The maximum Gasteiger partial charge on any atom is 0.261 e. The Hall–Kier alpha value is -2.73. The molecular formula is C20H23N5O. The van der Waals surface area contributed by atoms with Gasteiger partial charge < -0.3 is 4.90 Å². The van der Waals surface area contributed by atoms with Gasteiger partial charge in [0, 0.05) is 39.4 Å². The maximum absolute atomic E-state index is 12.6. The summed E-state index contributed by atoms with van der Waals surface area (Å²) in [5.74, 6) is 0.819. The number of aromatic nitrogens is 3. The van der Waals surface area contributed by atoms with Crippen LogP contribution >= 0.6 is 0 Å². The smallest absolute Gasteiger partial charge is 0.261 e. The van der Waals surface area contributed by atoms with Crippen LogP contribution in [0, 0.1) is 6.92 Å². The highest BCUT2D eigenvalue weighted by Crippen LogP contribution is 2.20. The van der Waals surface area contributed by atoms with E-state index >= 15 is 0 Å². The van der Waals surface area contributed by atoms with Gasteiger partial charge in [0.2, 0.25) is 0 Å². The Balaban J connectivity index is 1.50. The number of hydrogen-bond donors (Lipinski definition) is 0. The Morgan fingerprint density at radius 1 is 1.08 bits per heavy atom. The summed E-state index contributed by atoms with van der Waals surface area (Å²) in [7, 11) is 1.81. The molecule has 2 aromatic heterocycles. The lowest BCUT2D eigenvalue weighted by Crippen LogP contribution is -2.46. The number of anilines is 1. The zero-order valence-corrected chi connectivity index (χ0v) is 15.2. The number of benzene rings is 1. The lowest BCUT2D eigenvalue weighted by molar-refractivity contribution is 0.240. The molecule has 26 heavy (non-hydrogen) atoms. The van der Waals surface area contributed by atoms with Gasteiger partial charge in [-0.2, -0.15) is 0 Å². The van der Waals surface area contributed by atoms with E-state index in [9.17, 15) is 4.79 Å². The molecule has 4 rings (SSSR count). The lowest BCUT2D eigenvalue weighted by atomic mass is 10.2. The molecule has 0 N–H and O–H groups in total. The molecule has 0 atom stereocenters. The van der Waals surface area contributed by atoms with Gasteiger partial charge in [0.05, 0.1) is 29.3 Å². The molecule has 0 saturated carbocycles. The minimum absolute atomic E-state index is 0.0234. The van der Waals surface area contributed by atoms with Gasteiger partial charge in [-0.25, -0.2) is 4.98 Å². The van der Waals surface area contributed by atoms with Crippen molar-refractivity contribution < 1.29 is 0 Å². The lowest BCUT2D eigenvalue weighted by Gasteiger charge is -2.36. The van der Waals surface area contributed by atoms with E-state index in [1.165, 1.54) is 11.3 Å². The predicted molar refractivity (Wildman–Crippen MR) is 103 cm³/mol. The van der Waals surface area contributed by atoms with E-state index in [1.54, 1.807) is 4.57 Å². The van der Waals surface area contributed by atoms with Crippen LogP contribution in [0.3, 0.4) is 0 Å². The van der Waals surface area contributed by atoms with E-state index in [0.29, 0.717) is 11.9 Å². The number of fused-ring (bicyclic) bond motifs is 1. The quantitative estimate of drug-likeness (QED) is 0.723. The number of aryl methyl sites for hydroxylation is 1. The molecule has 0 spiro atoms. The first-order valence-electron chi connectivity index (χ1n) is 8.96. The molecule has 0 aliphatic carbocycles. The summed E-state index contributed by atoms with van der Waals surface area (Å²) in [5.41, 5.74) is 3.26. The van der Waals surface area contributed by atoms with Gasteiger partial charge in [-0.15, -0.1) is 0 Å². The average Bonchev–Trinajstić information content (AvgIpc) is 2.67. The highest BCUT2D eigenvalue weighted by Gasteiger charge is 2.20. The monoisotopic (exact) mass is 349 g/mol. The van der Waals surface area contributed by atoms with Crippen molar-refractivity contribution in [3.63, 3.8) is 0 Å². The Kier molecular flexibility index (Phi) is 4.42. The van der Waals surface area contributed by atoms with Crippen LogP contribution < -0.4 is 10.5 Å². The van der Waals surface area contributed by atoms with Crippen molar-refractivity contribution in [2.24, 2.45) is 7.05 Å². The van der Waals surface area contributed by atoms with E-state index in [4.69, 9.17) is 4.98 Å². The van der Waals surface area contributed by atoms with E-state index in [1.807, 2.05) is 43.7 Å². The van der Waals surface area contributed by atoms with Crippen molar-refractivity contribution in [2.45, 2.75) is 13.5 Å². The largest absolute Gasteiger partial charge is 0.368 e. The first kappa shape index (κ1) is 16.7. The molecule has 1 saturated heterocycles. The first-order valence-corrected chi connectivity index (χ1v) is 8.96. The van der Waals surface area contributed by atoms with Crippen LogP contribution in [0.15, 0.2) is 47.5 Å². The van der Waals surface area contributed by atoms with Crippen LogP contribution in [-0.2, 0) is 13.6 Å². The molecule has 3 aromatic rings. The summed E-state index contributed by atoms with van der Waals surface area (Å²) in [6.45, 7) is 6.60. The van der Waals surface area contributed by atoms with Gasteiger partial charge in [0.25, 0.3) is 5.56 Å². The first-order chi connectivity index (χ1) is 12.6. The molecule has 3 heterocycles. The molecule has 0 unspecified atom stereocenters. The van der Waals surface area contributed by atoms with E-state index < -0.39 is 0 Å². The number of para-hydroxylation sites is 1. The van der Waals surface area contributed by atoms with Crippen molar-refractivity contribution in [1.29, 1.82) is 0 Å². The Bertz CT molecular complexity index is 989. The number of pyridine rings is 1. The molecule has 1 fully saturated rings. The summed E-state index contributed by atoms with van der Waals surface area (Å²) >= 11 is 0. The Morgan fingerprint density at radius 2 is 1.85 bits per heavy atom. The SMILES string of the molecule is Cc1ccncc1N1CCN(Cc2nc3ccccc3c(=O)n2C)CC1. The third-order valence-electron chi connectivity index (χ3n) is 5.17. The average molecular weight is 349 g/mol. The summed E-state index contributed by atoms with van der Waals surface area (Å²) in [6.07, 6.45) is 3.78. The zero-order valence-electron chi connectivity index (χ0n) is 15.2. The van der Waals surface area contributed by atoms with Gasteiger partial charge in [0.1, 0.15) is 5.82 Å². The second-order valence-electron chi connectivity index (χ2n) is 6.83. The summed E-state index contributed by atoms with van der Waals surface area (Å²) in [5, 5.41) is 0.677. The van der Waals surface area contributed by atoms with Gasteiger partial charge in [-0.3, -0.25) is 19.2 Å². The molecule has 1 aliphatic rings. The van der Waals surface area contributed by atoms with Crippen LogP contribution in [0.25, 0.3) is 10.9 Å². The highest BCUT2D eigenvalue weighted by molar-refractivity contribution is 5.77. The minimum atomic E-state index is 0.0234. The van der Waals surface area contributed by atoms with Gasteiger partial charge in [-0.05, 0) is 30.7 Å². The Labute approximate surface area is 152 Å². The molecule has 0 bridgehead atoms. The fourth-order valence-corrected chi connectivity index (χ4v) is 3.54. The van der Waals surface area contributed by atoms with Gasteiger partial charge >= 0.3 is 0 Å². The highest BCUT2D eigenvalue weighted by atomic mass is 16.1. The van der Waals surface area contributed by atoms with E-state index in [-0.39, 0.29) is 5.56 Å². The fourth-order valence-electron chi connectivity index (χ4n) is 3.54. The van der Waals surface area contributed by atoms with Crippen molar-refractivity contribution in [3.8, 4) is 0 Å². The summed E-state index contributed by atoms with van der Waals surface area (Å²) in [4.78, 5) is 26.3. The molecule has 0 radical (unpaired) electrons. The van der Waals surface area contributed by atoms with Crippen LogP contribution in [0.2, 0.25) is 0 Å². The summed E-state index contributed by atoms with van der Waals surface area (Å²) in [6, 6.07) is 9.60. The van der Waals surface area contributed by atoms with Crippen LogP contribution in [0.4, 0.5) is 5.69 Å². The molecule has 0 amide bonds. The van der Waals surface area contributed by atoms with Crippen molar-refractivity contribution >= 4 is 16.6 Å². The predicted octanol–water partition coefficient (Wildman–Crippen LogP) is 1.96. The molecule has 1 aliphatic heterocycles. The second kappa shape index (κ2) is 6.88. The Morgan fingerprint density at radius 3 is 2.62 bits per heavy atom. The van der Waals surface area contributed by atoms with Crippen LogP contribution in [-0.4, -0.2) is 45.6 Å². The second-order valence-corrected chi connectivity index (χ2v) is 6.83. The number of nitrogens with zero attached hydrogens (tertiary/aromatic N) is 5. The molecule has 134 valence electrons. The number of hydrogen-bond acceptors (Lipinski definition) is 5. The maximum atomic E-state index is 12.6. The van der Waals surface area contributed by atoms with Crippen molar-refractivity contribution in [3.05, 3.63) is 64.5 Å². The zero-order chi connectivity index (χ0) is 18.1. The summed E-state index contributed by atoms with van der Waals surface area (Å²) < 4.78 is 1.68. The van der Waals surface area contributed by atoms with Gasteiger partial charge in [-0.1, -0.05) is 12.1 Å². The van der Waals surface area contributed by atoms with E-state index in [0.717, 1.165) is 37.5 Å². The molecule has 6 heteroatoms. The standard InChI is InChI=1S/C20H23N5O/c1-15-7-8-21-13-18(15)25-11-9-24(10-12-25)14-19-22-17-6-4-3-5-16(17)20(26)23(19)2/h3-8,13H,9-12,14H2,1-2H3. The molecule has 6 nitrogen and oxygen atoms in total. The molecular weight excluding hydrogens is 326 g/mol. The van der Waals surface area contributed by atoms with Crippen molar-refractivity contribution in [2.75, 3.05) is 31.1 Å². The third kappa shape index (κ3) is 3.08. The molecule has 1 aromatic carbocycles. The topological polar surface area (TPSA) is 54.3 Å². The van der Waals surface area contributed by atoms with Crippen molar-refractivity contribution in [1.82, 2.24) is 19.4 Å². The van der Waals surface area contributed by atoms with E-state index in [2.05, 4.69) is 27.8 Å². The van der Waals surface area contributed by atoms with Crippen LogP contribution in [0.5, 0.6) is 0 Å². The fraction of sp³-hybridized carbons (Fsp3) is 0.350. The minimum Gasteiger partial charge on any atom is -0.368 e.